The zero-order valence-electron chi connectivity index (χ0n) is 7.71. The number of nitro groups is 1. The number of rotatable bonds is 1. The van der Waals surface area contributed by atoms with Gasteiger partial charge in [-0.1, -0.05) is 6.92 Å². The van der Waals surface area contributed by atoms with Crippen molar-refractivity contribution in [3.8, 4) is 0 Å². The van der Waals surface area contributed by atoms with Crippen molar-refractivity contribution in [2.45, 2.75) is 19.5 Å². The molecule has 3 nitrogen and oxygen atoms in total. The van der Waals surface area contributed by atoms with Crippen LogP contribution in [0.25, 0.3) is 0 Å². The summed E-state index contributed by atoms with van der Waals surface area (Å²) in [6, 6.07) is 0. The Bertz CT molecular complexity index is 322. The minimum Gasteiger partial charge on any atom is -0.261 e. The third kappa shape index (κ3) is 4.17. The molecule has 0 N–H and O–H groups in total. The van der Waals surface area contributed by atoms with Gasteiger partial charge in [-0.2, -0.15) is 24.8 Å². The Labute approximate surface area is 117 Å². The van der Waals surface area contributed by atoms with Gasteiger partial charge in [0.2, 0.25) is 0 Å². The van der Waals surface area contributed by atoms with E-state index in [1.165, 1.54) is 6.92 Å². The Balaban J connectivity index is 0.00000196. The first-order valence-corrected chi connectivity index (χ1v) is 3.83. The molecular formula is C8H7F3NO2Pm-. The van der Waals surface area contributed by atoms with Crippen LogP contribution < -0.4 is 0 Å². The van der Waals surface area contributed by atoms with Crippen molar-refractivity contribution in [3.63, 3.8) is 0 Å². The third-order valence-corrected chi connectivity index (χ3v) is 1.84. The number of alkyl halides is 3. The smallest absolute Gasteiger partial charge is 0.261 e. The maximum atomic E-state index is 12.2. The van der Waals surface area contributed by atoms with Crippen LogP contribution in [-0.2, 0) is 0 Å². The molecule has 1 rings (SSSR count). The molecular weight excluding hydrogens is 344 g/mol. The van der Waals surface area contributed by atoms with Gasteiger partial charge in [0.25, 0.3) is 0 Å². The molecule has 0 amide bonds. The Hall–Kier alpha value is 0.00766. The molecule has 0 aromatic rings. The second kappa shape index (κ2) is 5.37. The topological polar surface area (TPSA) is 43.1 Å². The van der Waals surface area contributed by atoms with E-state index in [1.54, 1.807) is 0 Å². The number of allylic oxidation sites excluding steroid dienone is 3. The SMILES string of the molecule is CC1=[C-]C([N+](=O)[O-])=CC(C(F)(F)F)C1.[Pm]. The molecule has 0 aromatic heterocycles. The molecule has 0 aliphatic heterocycles. The van der Waals surface area contributed by atoms with E-state index in [2.05, 4.69) is 6.08 Å². The second-order valence-electron chi connectivity index (χ2n) is 3.07. The predicted molar refractivity (Wildman–Crippen MR) is 41.7 cm³/mol. The van der Waals surface area contributed by atoms with Crippen LogP contribution in [0.4, 0.5) is 13.2 Å². The summed E-state index contributed by atoms with van der Waals surface area (Å²) in [6.45, 7) is 1.40. The summed E-state index contributed by atoms with van der Waals surface area (Å²) in [7, 11) is 0. The largest absolute Gasteiger partial charge is 0.381 e. The van der Waals surface area contributed by atoms with Crippen molar-refractivity contribution in [2.75, 3.05) is 0 Å². The molecule has 0 heterocycles. The molecule has 0 saturated carbocycles. The summed E-state index contributed by atoms with van der Waals surface area (Å²) in [5.74, 6) is -1.76. The van der Waals surface area contributed by atoms with Crippen LogP contribution >= 0.6 is 0 Å². The van der Waals surface area contributed by atoms with Crippen molar-refractivity contribution in [3.05, 3.63) is 33.5 Å². The average Bonchev–Trinajstić information content (AvgIpc) is 2.01. The van der Waals surface area contributed by atoms with Crippen molar-refractivity contribution in [1.29, 1.82) is 0 Å². The molecule has 0 saturated heterocycles. The van der Waals surface area contributed by atoms with E-state index in [-0.39, 0.29) is 52.4 Å². The fourth-order valence-corrected chi connectivity index (χ4v) is 1.21. The molecule has 1 aliphatic carbocycles. The predicted octanol–water partition coefficient (Wildman–Crippen LogP) is 2.48. The molecule has 1 atom stereocenters. The van der Waals surface area contributed by atoms with E-state index < -0.39 is 22.7 Å². The summed E-state index contributed by atoms with van der Waals surface area (Å²) in [5, 5.41) is 10.3. The minimum atomic E-state index is -4.43. The summed E-state index contributed by atoms with van der Waals surface area (Å²) >= 11 is 0. The zero-order valence-corrected chi connectivity index (χ0v) is 10.6. The standard InChI is InChI=1S/C8H7F3NO2.Pm/c1-5-2-6(8(9,10)11)4-7(3-5)12(13)14;/h4,6H,2H2,1H3;/q-1;. The van der Waals surface area contributed by atoms with E-state index >= 15 is 0 Å². The Morgan fingerprint density at radius 2 is 2.13 bits per heavy atom. The van der Waals surface area contributed by atoms with Gasteiger partial charge in [0.1, 0.15) is 5.70 Å². The average molecular weight is 351 g/mol. The van der Waals surface area contributed by atoms with Gasteiger partial charge in [-0.05, 0) is 6.42 Å². The third-order valence-electron chi connectivity index (χ3n) is 1.84. The fourth-order valence-electron chi connectivity index (χ4n) is 1.21. The quantitative estimate of drug-likeness (QED) is 0.414. The van der Waals surface area contributed by atoms with Crippen molar-refractivity contribution in [2.24, 2.45) is 5.92 Å². The van der Waals surface area contributed by atoms with E-state index in [1.807, 2.05) is 0 Å². The van der Waals surface area contributed by atoms with Gasteiger partial charge in [0.15, 0.2) is 0 Å². The molecule has 1 unspecified atom stereocenters. The van der Waals surface area contributed by atoms with Gasteiger partial charge in [-0.15, -0.1) is 6.08 Å². The summed E-state index contributed by atoms with van der Waals surface area (Å²) in [6.07, 6.45) is -1.77. The molecule has 0 fully saturated rings. The summed E-state index contributed by atoms with van der Waals surface area (Å²) in [5.41, 5.74) is -0.349. The molecule has 15 heavy (non-hydrogen) atoms. The van der Waals surface area contributed by atoms with Gasteiger partial charge in [-0.25, -0.2) is 0 Å². The van der Waals surface area contributed by atoms with Gasteiger partial charge in [-0.3, -0.25) is 10.1 Å². The number of hydrogen-bond acceptors (Lipinski definition) is 2. The van der Waals surface area contributed by atoms with E-state index in [0.717, 1.165) is 0 Å². The van der Waals surface area contributed by atoms with Crippen LogP contribution in [-0.4, -0.2) is 11.1 Å². The van der Waals surface area contributed by atoms with Gasteiger partial charge in [0, 0.05) is 51.2 Å². The molecule has 1 aliphatic rings. The van der Waals surface area contributed by atoms with Crippen LogP contribution in [0.5, 0.6) is 0 Å². The molecule has 83 valence electrons. The molecule has 0 aromatic carbocycles. The zero-order chi connectivity index (χ0) is 10.9. The summed E-state index contributed by atoms with van der Waals surface area (Å²) in [4.78, 5) is 9.41. The molecule has 7 heteroatoms. The Morgan fingerprint density at radius 3 is 2.53 bits per heavy atom. The van der Waals surface area contributed by atoms with Crippen LogP contribution in [0.2, 0.25) is 0 Å². The van der Waals surface area contributed by atoms with Crippen molar-refractivity contribution in [1.82, 2.24) is 0 Å². The number of nitrogens with zero attached hydrogens (tertiary/aromatic N) is 1. The monoisotopic (exact) mass is 351 g/mol. The number of hydrogen-bond donors (Lipinski definition) is 0. The first-order valence-electron chi connectivity index (χ1n) is 3.83. The van der Waals surface area contributed by atoms with E-state index in [9.17, 15) is 23.3 Å². The molecule has 0 spiro atoms. The van der Waals surface area contributed by atoms with Crippen molar-refractivity contribution >= 4 is 0 Å². The Kier molecular flexibility index (Phi) is 5.37. The van der Waals surface area contributed by atoms with Gasteiger partial charge in [0.05, 0.1) is 0 Å². The second-order valence-corrected chi connectivity index (χ2v) is 3.07. The first-order chi connectivity index (χ1) is 6.30. The minimum absolute atomic E-state index is 0. The van der Waals surface area contributed by atoms with E-state index in [0.29, 0.717) is 6.08 Å². The summed E-state index contributed by atoms with van der Waals surface area (Å²) < 4.78 is 36.7. The van der Waals surface area contributed by atoms with E-state index in [4.69, 9.17) is 0 Å². The maximum absolute atomic E-state index is 12.2. The Morgan fingerprint density at radius 1 is 1.60 bits per heavy atom. The fraction of sp³-hybridized carbons (Fsp3) is 0.500. The van der Waals surface area contributed by atoms with Crippen molar-refractivity contribution < 1.29 is 58.5 Å². The number of halogens is 3. The maximum Gasteiger partial charge on any atom is 0.381 e. The van der Waals surface area contributed by atoms with Crippen LogP contribution in [0.3, 0.4) is 0 Å². The molecule has 0 bridgehead atoms. The normalized spacial score (nSPS) is 21.2. The molecule has 1 radical (unpaired) electrons. The van der Waals surface area contributed by atoms with Gasteiger partial charge >= 0.3 is 6.18 Å². The van der Waals surface area contributed by atoms with Crippen LogP contribution in [0.15, 0.2) is 17.3 Å². The van der Waals surface area contributed by atoms with Gasteiger partial charge < -0.3 is 0 Å². The van der Waals surface area contributed by atoms with Crippen LogP contribution in [0.1, 0.15) is 13.3 Å². The van der Waals surface area contributed by atoms with Crippen LogP contribution in [0, 0.1) is 62.5 Å². The first kappa shape index (κ1) is 15.0.